The van der Waals surface area contributed by atoms with Crippen molar-refractivity contribution in [1.82, 2.24) is 5.32 Å². The Morgan fingerprint density at radius 3 is 2.00 bits per heavy atom. The lowest BCUT2D eigenvalue weighted by atomic mass is 9.86. The van der Waals surface area contributed by atoms with Gasteiger partial charge in [-0.1, -0.05) is 12.1 Å². The van der Waals surface area contributed by atoms with E-state index in [4.69, 9.17) is 18.9 Å². The fraction of sp³-hybridized carbons (Fsp3) is 0.333. The van der Waals surface area contributed by atoms with E-state index in [2.05, 4.69) is 5.32 Å². The Morgan fingerprint density at radius 1 is 0.786 bits per heavy atom. The normalized spacial score (nSPS) is 22.3. The van der Waals surface area contributed by atoms with Crippen molar-refractivity contribution in [1.29, 1.82) is 0 Å². The Balaban J connectivity index is 1.25. The van der Waals surface area contributed by atoms with Gasteiger partial charge in [0.05, 0.1) is 6.04 Å². The smallest absolute Gasteiger partial charge is 0.231 e. The van der Waals surface area contributed by atoms with Crippen molar-refractivity contribution in [2.75, 3.05) is 13.6 Å². The van der Waals surface area contributed by atoms with Crippen molar-refractivity contribution in [3.05, 3.63) is 47.5 Å². The van der Waals surface area contributed by atoms with E-state index in [9.17, 15) is 9.59 Å². The molecule has 3 heterocycles. The zero-order chi connectivity index (χ0) is 19.1. The van der Waals surface area contributed by atoms with E-state index in [1.165, 1.54) is 0 Å². The van der Waals surface area contributed by atoms with Crippen LogP contribution in [0.3, 0.4) is 0 Å². The van der Waals surface area contributed by atoms with E-state index in [1.807, 2.05) is 36.4 Å². The molecule has 0 aromatic heterocycles. The maximum atomic E-state index is 12.7. The molecule has 144 valence electrons. The fourth-order valence-electron chi connectivity index (χ4n) is 3.83. The van der Waals surface area contributed by atoms with Crippen molar-refractivity contribution < 1.29 is 28.5 Å². The third-order valence-electron chi connectivity index (χ3n) is 5.32. The van der Waals surface area contributed by atoms with Gasteiger partial charge in [-0.25, -0.2) is 0 Å². The van der Waals surface area contributed by atoms with Crippen molar-refractivity contribution in [3.8, 4) is 23.0 Å². The highest BCUT2D eigenvalue weighted by molar-refractivity contribution is 5.97. The van der Waals surface area contributed by atoms with Crippen molar-refractivity contribution in [2.24, 2.45) is 5.92 Å². The first-order chi connectivity index (χ1) is 13.7. The van der Waals surface area contributed by atoms with Gasteiger partial charge in [-0.05, 0) is 48.2 Å². The molecule has 1 amide bonds. The summed E-state index contributed by atoms with van der Waals surface area (Å²) in [6.45, 7) is 0.419. The van der Waals surface area contributed by atoms with Crippen molar-refractivity contribution in [2.45, 2.75) is 25.3 Å². The molecule has 5 rings (SSSR count). The SMILES string of the molecule is O=C1NC(Cc2ccc3c(c2)OCO3)C(=O)CC1Cc1ccc2c(c1)OCO2. The number of piperidine rings is 1. The standard InChI is InChI=1S/C21H19NO6/c23-16-9-14(5-12-1-3-17-19(7-12)27-10-25-17)21(24)22-15(16)6-13-2-4-18-20(8-13)28-11-26-18/h1-4,7-8,14-15H,5-6,9-11H2,(H,22,24). The molecule has 0 bridgehead atoms. The highest BCUT2D eigenvalue weighted by Crippen LogP contribution is 2.34. The summed E-state index contributed by atoms with van der Waals surface area (Å²) in [6.07, 6.45) is 1.17. The highest BCUT2D eigenvalue weighted by Gasteiger charge is 2.34. The molecule has 1 N–H and O–H groups in total. The molecule has 2 aromatic rings. The second kappa shape index (κ2) is 6.74. The summed E-state index contributed by atoms with van der Waals surface area (Å²) in [5, 5.41) is 2.89. The van der Waals surface area contributed by atoms with Crippen LogP contribution in [0.2, 0.25) is 0 Å². The van der Waals surface area contributed by atoms with E-state index in [0.717, 1.165) is 11.1 Å². The number of ether oxygens (including phenoxy) is 4. The minimum atomic E-state index is -0.513. The lowest BCUT2D eigenvalue weighted by Crippen LogP contribution is -2.51. The largest absolute Gasteiger partial charge is 0.454 e. The Bertz CT molecular complexity index is 878. The first-order valence-corrected chi connectivity index (χ1v) is 9.26. The summed E-state index contributed by atoms with van der Waals surface area (Å²) in [4.78, 5) is 25.3. The number of rotatable bonds is 4. The average Bonchev–Trinajstić information content (AvgIpc) is 3.34. The van der Waals surface area contributed by atoms with Gasteiger partial charge in [-0.3, -0.25) is 9.59 Å². The van der Waals surface area contributed by atoms with E-state index < -0.39 is 6.04 Å². The van der Waals surface area contributed by atoms with Gasteiger partial charge in [-0.15, -0.1) is 0 Å². The number of carbonyl (C=O) groups excluding carboxylic acids is 2. The molecular formula is C21H19NO6. The van der Waals surface area contributed by atoms with E-state index in [0.29, 0.717) is 35.8 Å². The van der Waals surface area contributed by atoms with Gasteiger partial charge >= 0.3 is 0 Å². The summed E-state index contributed by atoms with van der Waals surface area (Å²) in [6, 6.07) is 10.7. The van der Waals surface area contributed by atoms with E-state index >= 15 is 0 Å². The Kier molecular flexibility index (Phi) is 4.07. The zero-order valence-electron chi connectivity index (χ0n) is 15.1. The highest BCUT2D eigenvalue weighted by atomic mass is 16.7. The molecule has 1 fully saturated rings. The molecule has 7 heteroatoms. The van der Waals surface area contributed by atoms with Gasteiger partial charge in [-0.2, -0.15) is 0 Å². The molecule has 28 heavy (non-hydrogen) atoms. The molecule has 2 unspecified atom stereocenters. The van der Waals surface area contributed by atoms with Crippen LogP contribution in [0.15, 0.2) is 36.4 Å². The zero-order valence-corrected chi connectivity index (χ0v) is 15.1. The second-order valence-corrected chi connectivity index (χ2v) is 7.21. The summed E-state index contributed by atoms with van der Waals surface area (Å²) in [7, 11) is 0. The number of Topliss-reactive ketones (excluding diaryl/α,β-unsaturated/α-hetero) is 1. The number of ketones is 1. The van der Waals surface area contributed by atoms with Crippen LogP contribution in [-0.2, 0) is 22.4 Å². The summed E-state index contributed by atoms with van der Waals surface area (Å²) in [5.41, 5.74) is 1.88. The number of hydrogen-bond acceptors (Lipinski definition) is 6. The van der Waals surface area contributed by atoms with Crippen LogP contribution < -0.4 is 24.3 Å². The maximum absolute atomic E-state index is 12.7. The lowest BCUT2D eigenvalue weighted by molar-refractivity contribution is -0.136. The fourth-order valence-corrected chi connectivity index (χ4v) is 3.83. The minimum Gasteiger partial charge on any atom is -0.454 e. The van der Waals surface area contributed by atoms with Crippen LogP contribution in [0.5, 0.6) is 23.0 Å². The van der Waals surface area contributed by atoms with Gasteiger partial charge in [0.25, 0.3) is 0 Å². The third kappa shape index (κ3) is 3.13. The lowest BCUT2D eigenvalue weighted by Gasteiger charge is -2.28. The molecule has 2 aromatic carbocycles. The number of nitrogens with one attached hydrogen (secondary N) is 1. The van der Waals surface area contributed by atoms with Crippen LogP contribution in [0.25, 0.3) is 0 Å². The van der Waals surface area contributed by atoms with Crippen LogP contribution in [-0.4, -0.2) is 31.3 Å². The number of benzene rings is 2. The second-order valence-electron chi connectivity index (χ2n) is 7.21. The number of fused-ring (bicyclic) bond motifs is 2. The predicted octanol–water partition coefficient (Wildman–Crippen LogP) is 2.00. The summed E-state index contributed by atoms with van der Waals surface area (Å²) >= 11 is 0. The van der Waals surface area contributed by atoms with Gasteiger partial charge in [0, 0.05) is 12.3 Å². The number of amides is 1. The Morgan fingerprint density at radius 2 is 1.36 bits per heavy atom. The number of hydrogen-bond donors (Lipinski definition) is 1. The summed E-state index contributed by atoms with van der Waals surface area (Å²) < 4.78 is 21.4. The first-order valence-electron chi connectivity index (χ1n) is 9.26. The average molecular weight is 381 g/mol. The molecule has 0 aliphatic carbocycles. The monoisotopic (exact) mass is 381 g/mol. The topological polar surface area (TPSA) is 83.1 Å². The van der Waals surface area contributed by atoms with Crippen LogP contribution in [0.1, 0.15) is 17.5 Å². The Hall–Kier alpha value is -3.22. The van der Waals surface area contributed by atoms with Crippen LogP contribution in [0, 0.1) is 5.92 Å². The van der Waals surface area contributed by atoms with Crippen molar-refractivity contribution in [3.63, 3.8) is 0 Å². The van der Waals surface area contributed by atoms with Crippen molar-refractivity contribution >= 4 is 11.7 Å². The molecule has 0 spiro atoms. The predicted molar refractivity (Wildman–Crippen MR) is 97.6 cm³/mol. The van der Waals surface area contributed by atoms with E-state index in [1.54, 1.807) is 0 Å². The van der Waals surface area contributed by atoms with Gasteiger partial charge < -0.3 is 24.3 Å². The molecule has 1 saturated heterocycles. The molecule has 7 nitrogen and oxygen atoms in total. The quantitative estimate of drug-likeness (QED) is 0.872. The molecule has 3 aliphatic heterocycles. The molecular weight excluding hydrogens is 362 g/mol. The van der Waals surface area contributed by atoms with E-state index in [-0.39, 0.29) is 37.6 Å². The maximum Gasteiger partial charge on any atom is 0.231 e. The van der Waals surface area contributed by atoms with Gasteiger partial charge in [0.1, 0.15) is 0 Å². The minimum absolute atomic E-state index is 0.0445. The summed E-state index contributed by atoms with van der Waals surface area (Å²) in [5.74, 6) is 2.34. The molecule has 0 radical (unpaired) electrons. The Labute approximate surface area is 161 Å². The molecule has 0 saturated carbocycles. The van der Waals surface area contributed by atoms with Crippen LogP contribution >= 0.6 is 0 Å². The van der Waals surface area contributed by atoms with Gasteiger partial charge in [0.15, 0.2) is 28.8 Å². The first kappa shape index (κ1) is 16.9. The number of carbonyl (C=O) groups is 2. The van der Waals surface area contributed by atoms with Crippen LogP contribution in [0.4, 0.5) is 0 Å². The molecule has 3 aliphatic rings. The third-order valence-corrected chi connectivity index (χ3v) is 5.32. The van der Waals surface area contributed by atoms with Gasteiger partial charge in [0.2, 0.25) is 19.5 Å². The molecule has 2 atom stereocenters.